The number of aryl methyl sites for hydroxylation is 1. The van der Waals surface area contributed by atoms with Gasteiger partial charge in [-0.25, -0.2) is 0 Å². The molecule has 3 rings (SSSR count). The van der Waals surface area contributed by atoms with E-state index in [1.165, 1.54) is 16.7 Å². The van der Waals surface area contributed by atoms with E-state index >= 15 is 0 Å². The Morgan fingerprint density at radius 2 is 1.76 bits per heavy atom. The van der Waals surface area contributed by atoms with E-state index in [2.05, 4.69) is 72.3 Å². The van der Waals surface area contributed by atoms with E-state index in [1.54, 1.807) is 0 Å². The maximum Gasteiger partial charge on any atom is 0.192 e. The standard InChI is InChI=1S/C18H21N3/c1-14-8-6-7-11-16(14)18(2)13-20-17(19)21(18)12-15-9-4-3-5-10-15/h3-11H,12-13H2,1-2H3,(H2,19,20). The van der Waals surface area contributed by atoms with Crippen LogP contribution in [0.1, 0.15) is 23.6 Å². The maximum absolute atomic E-state index is 6.17. The Hall–Kier alpha value is -2.29. The van der Waals surface area contributed by atoms with Crippen LogP contribution in [-0.4, -0.2) is 17.4 Å². The van der Waals surface area contributed by atoms with Crippen molar-refractivity contribution in [3.8, 4) is 0 Å². The third kappa shape index (κ3) is 2.40. The molecule has 2 N–H and O–H groups in total. The number of rotatable bonds is 3. The number of nitrogens with two attached hydrogens (primary N) is 1. The highest BCUT2D eigenvalue weighted by atomic mass is 15.3. The van der Waals surface area contributed by atoms with Crippen LogP contribution in [-0.2, 0) is 12.1 Å². The third-order valence-electron chi connectivity index (χ3n) is 4.33. The molecule has 0 saturated carbocycles. The molecule has 1 aliphatic rings. The predicted molar refractivity (Wildman–Crippen MR) is 87.0 cm³/mol. The number of hydrogen-bond donors (Lipinski definition) is 1. The molecule has 2 aromatic rings. The summed E-state index contributed by atoms with van der Waals surface area (Å²) in [5.41, 5.74) is 9.81. The summed E-state index contributed by atoms with van der Waals surface area (Å²) < 4.78 is 0. The second-order valence-electron chi connectivity index (χ2n) is 5.83. The number of guanidine groups is 1. The van der Waals surface area contributed by atoms with Gasteiger partial charge in [0.05, 0.1) is 12.1 Å². The minimum absolute atomic E-state index is 0.175. The fourth-order valence-electron chi connectivity index (χ4n) is 3.09. The molecule has 0 amide bonds. The van der Waals surface area contributed by atoms with E-state index < -0.39 is 0 Å². The van der Waals surface area contributed by atoms with Gasteiger partial charge >= 0.3 is 0 Å². The fraction of sp³-hybridized carbons (Fsp3) is 0.278. The second kappa shape index (κ2) is 5.24. The number of aliphatic imine (C=N–C) groups is 1. The molecule has 0 saturated heterocycles. The number of nitrogens with zero attached hydrogens (tertiary/aromatic N) is 2. The number of hydrogen-bond acceptors (Lipinski definition) is 3. The smallest absolute Gasteiger partial charge is 0.192 e. The van der Waals surface area contributed by atoms with Crippen molar-refractivity contribution in [1.29, 1.82) is 0 Å². The molecule has 2 aromatic carbocycles. The molecule has 0 fully saturated rings. The molecular formula is C18H21N3. The van der Waals surface area contributed by atoms with E-state index in [4.69, 9.17) is 5.73 Å². The van der Waals surface area contributed by atoms with Gasteiger partial charge in [-0.15, -0.1) is 0 Å². The van der Waals surface area contributed by atoms with Crippen molar-refractivity contribution in [2.45, 2.75) is 25.9 Å². The van der Waals surface area contributed by atoms with Crippen LogP contribution in [0.25, 0.3) is 0 Å². The van der Waals surface area contributed by atoms with Crippen molar-refractivity contribution in [1.82, 2.24) is 4.90 Å². The molecular weight excluding hydrogens is 258 g/mol. The monoisotopic (exact) mass is 279 g/mol. The van der Waals surface area contributed by atoms with Crippen molar-refractivity contribution in [2.24, 2.45) is 10.7 Å². The van der Waals surface area contributed by atoms with Gasteiger partial charge in [0, 0.05) is 6.54 Å². The van der Waals surface area contributed by atoms with Crippen LogP contribution in [0.2, 0.25) is 0 Å². The lowest BCUT2D eigenvalue weighted by atomic mass is 9.87. The zero-order valence-electron chi connectivity index (χ0n) is 12.6. The summed E-state index contributed by atoms with van der Waals surface area (Å²) in [4.78, 5) is 6.72. The molecule has 0 spiro atoms. The van der Waals surface area contributed by atoms with Gasteiger partial charge in [0.1, 0.15) is 0 Å². The molecule has 1 atom stereocenters. The van der Waals surface area contributed by atoms with E-state index in [0.29, 0.717) is 12.5 Å². The van der Waals surface area contributed by atoms with Crippen LogP contribution in [0, 0.1) is 6.92 Å². The van der Waals surface area contributed by atoms with Crippen molar-refractivity contribution in [3.63, 3.8) is 0 Å². The fourth-order valence-corrected chi connectivity index (χ4v) is 3.09. The molecule has 1 aliphatic heterocycles. The zero-order valence-corrected chi connectivity index (χ0v) is 12.6. The summed E-state index contributed by atoms with van der Waals surface area (Å²) in [6.07, 6.45) is 0. The first-order valence-corrected chi connectivity index (χ1v) is 7.29. The van der Waals surface area contributed by atoms with Crippen molar-refractivity contribution >= 4 is 5.96 Å². The van der Waals surface area contributed by atoms with Crippen LogP contribution >= 0.6 is 0 Å². The summed E-state index contributed by atoms with van der Waals surface area (Å²) in [5.74, 6) is 0.629. The first-order chi connectivity index (χ1) is 10.1. The Kier molecular flexibility index (Phi) is 3.42. The zero-order chi connectivity index (χ0) is 14.9. The normalized spacial score (nSPS) is 21.4. The van der Waals surface area contributed by atoms with Gasteiger partial charge in [-0.05, 0) is 30.5 Å². The van der Waals surface area contributed by atoms with Crippen molar-refractivity contribution in [3.05, 3.63) is 71.3 Å². The number of benzene rings is 2. The molecule has 1 heterocycles. The Balaban J connectivity index is 1.97. The SMILES string of the molecule is Cc1ccccc1C1(C)CN=C(N)N1Cc1ccccc1. The summed E-state index contributed by atoms with van der Waals surface area (Å²) >= 11 is 0. The third-order valence-corrected chi connectivity index (χ3v) is 4.33. The van der Waals surface area contributed by atoms with Crippen LogP contribution in [0.4, 0.5) is 0 Å². The van der Waals surface area contributed by atoms with E-state index in [1.807, 2.05) is 6.07 Å². The van der Waals surface area contributed by atoms with Gasteiger partial charge in [-0.1, -0.05) is 54.6 Å². The highest BCUT2D eigenvalue weighted by Gasteiger charge is 2.40. The van der Waals surface area contributed by atoms with Crippen LogP contribution in [0.3, 0.4) is 0 Å². The molecule has 108 valence electrons. The lowest BCUT2D eigenvalue weighted by molar-refractivity contribution is 0.216. The van der Waals surface area contributed by atoms with Gasteiger partial charge in [-0.2, -0.15) is 0 Å². The van der Waals surface area contributed by atoms with Crippen LogP contribution in [0.5, 0.6) is 0 Å². The Bertz CT molecular complexity index is 663. The Morgan fingerprint density at radius 1 is 1.10 bits per heavy atom. The molecule has 3 heteroatoms. The van der Waals surface area contributed by atoms with Gasteiger partial charge < -0.3 is 10.6 Å². The summed E-state index contributed by atoms with van der Waals surface area (Å²) in [7, 11) is 0. The predicted octanol–water partition coefficient (Wildman–Crippen LogP) is 3.04. The van der Waals surface area contributed by atoms with E-state index in [0.717, 1.165) is 6.54 Å². The van der Waals surface area contributed by atoms with Gasteiger partial charge in [0.15, 0.2) is 5.96 Å². The highest BCUT2D eigenvalue weighted by molar-refractivity contribution is 5.81. The molecule has 0 aromatic heterocycles. The minimum atomic E-state index is -0.175. The molecule has 1 unspecified atom stereocenters. The lowest BCUT2D eigenvalue weighted by Crippen LogP contribution is -2.47. The summed E-state index contributed by atoms with van der Waals surface area (Å²) in [6.45, 7) is 5.86. The molecule has 3 nitrogen and oxygen atoms in total. The van der Waals surface area contributed by atoms with Crippen LogP contribution < -0.4 is 5.73 Å². The van der Waals surface area contributed by atoms with Crippen molar-refractivity contribution in [2.75, 3.05) is 6.54 Å². The van der Waals surface area contributed by atoms with E-state index in [9.17, 15) is 0 Å². The first-order valence-electron chi connectivity index (χ1n) is 7.29. The summed E-state index contributed by atoms with van der Waals surface area (Å²) in [6, 6.07) is 18.9. The summed E-state index contributed by atoms with van der Waals surface area (Å²) in [5, 5.41) is 0. The molecule has 0 aliphatic carbocycles. The maximum atomic E-state index is 6.17. The van der Waals surface area contributed by atoms with Gasteiger partial charge in [0.25, 0.3) is 0 Å². The van der Waals surface area contributed by atoms with Gasteiger partial charge in [-0.3, -0.25) is 4.99 Å². The topological polar surface area (TPSA) is 41.6 Å². The Labute approximate surface area is 126 Å². The second-order valence-corrected chi connectivity index (χ2v) is 5.83. The van der Waals surface area contributed by atoms with E-state index in [-0.39, 0.29) is 5.54 Å². The average Bonchev–Trinajstić information content (AvgIpc) is 2.78. The highest BCUT2D eigenvalue weighted by Crippen LogP contribution is 2.35. The first kappa shape index (κ1) is 13.7. The van der Waals surface area contributed by atoms with Crippen LogP contribution in [0.15, 0.2) is 59.6 Å². The lowest BCUT2D eigenvalue weighted by Gasteiger charge is -2.37. The molecule has 21 heavy (non-hydrogen) atoms. The minimum Gasteiger partial charge on any atom is -0.370 e. The Morgan fingerprint density at radius 3 is 2.48 bits per heavy atom. The quantitative estimate of drug-likeness (QED) is 0.938. The van der Waals surface area contributed by atoms with Crippen molar-refractivity contribution < 1.29 is 0 Å². The van der Waals surface area contributed by atoms with Gasteiger partial charge in [0.2, 0.25) is 0 Å². The molecule has 0 radical (unpaired) electrons. The average molecular weight is 279 g/mol. The molecule has 0 bridgehead atoms. The largest absolute Gasteiger partial charge is 0.370 e.